The number of anilines is 1. The van der Waals surface area contributed by atoms with Crippen LogP contribution in [0.15, 0.2) is 35.2 Å². The van der Waals surface area contributed by atoms with E-state index in [2.05, 4.69) is 4.98 Å². The number of carbonyl (C=O) groups is 1. The molecule has 0 spiro atoms. The first-order valence-corrected chi connectivity index (χ1v) is 6.12. The van der Waals surface area contributed by atoms with E-state index in [0.29, 0.717) is 17.9 Å². The van der Waals surface area contributed by atoms with Crippen molar-refractivity contribution in [3.05, 3.63) is 46.7 Å². The normalized spacial score (nSPS) is 10.2. The second-order valence-electron chi connectivity index (χ2n) is 3.40. The number of aromatic nitrogens is 1. The molecule has 17 heavy (non-hydrogen) atoms. The zero-order valence-corrected chi connectivity index (χ0v) is 10.1. The highest BCUT2D eigenvalue weighted by Gasteiger charge is 2.17. The third-order valence-corrected chi connectivity index (χ3v) is 2.92. The molecule has 0 aliphatic carbocycles. The van der Waals surface area contributed by atoms with E-state index in [-0.39, 0.29) is 11.7 Å². The molecule has 0 aliphatic rings. The summed E-state index contributed by atoms with van der Waals surface area (Å²) < 4.78 is 13.1. The maximum absolute atomic E-state index is 13.1. The summed E-state index contributed by atoms with van der Waals surface area (Å²) in [5.41, 5.74) is 2.54. The fourth-order valence-corrected chi connectivity index (χ4v) is 2.07. The van der Waals surface area contributed by atoms with Crippen molar-refractivity contribution in [3.8, 4) is 0 Å². The van der Waals surface area contributed by atoms with Crippen molar-refractivity contribution in [2.45, 2.75) is 6.92 Å². The van der Waals surface area contributed by atoms with Gasteiger partial charge in [-0.05, 0) is 25.1 Å². The summed E-state index contributed by atoms with van der Waals surface area (Å²) in [6.45, 7) is 2.31. The Morgan fingerprint density at radius 1 is 1.53 bits per heavy atom. The zero-order chi connectivity index (χ0) is 12.3. The summed E-state index contributed by atoms with van der Waals surface area (Å²) in [5.74, 6) is -0.564. The number of carbonyl (C=O) groups excluding carboxylic acids is 1. The van der Waals surface area contributed by atoms with Crippen LogP contribution in [-0.2, 0) is 0 Å². The summed E-state index contributed by atoms with van der Waals surface area (Å²) in [6, 6.07) is 5.98. The van der Waals surface area contributed by atoms with Crippen molar-refractivity contribution in [1.82, 2.24) is 4.98 Å². The Morgan fingerprint density at radius 3 is 2.94 bits per heavy atom. The molecule has 0 N–H and O–H groups in total. The molecule has 1 heterocycles. The van der Waals surface area contributed by atoms with E-state index in [0.717, 1.165) is 0 Å². The number of amides is 1. The van der Waals surface area contributed by atoms with Crippen molar-refractivity contribution in [3.63, 3.8) is 0 Å². The molecule has 1 amide bonds. The summed E-state index contributed by atoms with van der Waals surface area (Å²) in [6.07, 6.45) is 0. The molecule has 0 saturated carbocycles. The largest absolute Gasteiger partial charge is 0.307 e. The molecule has 0 unspecified atom stereocenters. The topological polar surface area (TPSA) is 33.2 Å². The van der Waals surface area contributed by atoms with Crippen LogP contribution in [0.5, 0.6) is 0 Å². The Bertz CT molecular complexity index is 513. The lowest BCUT2D eigenvalue weighted by molar-refractivity contribution is 0.0984. The van der Waals surface area contributed by atoms with E-state index in [1.165, 1.54) is 28.4 Å². The van der Waals surface area contributed by atoms with Gasteiger partial charge in [-0.2, -0.15) is 0 Å². The molecule has 0 saturated heterocycles. The Morgan fingerprint density at radius 2 is 2.35 bits per heavy atom. The molecule has 0 aliphatic heterocycles. The Balaban J connectivity index is 2.31. The molecule has 0 radical (unpaired) electrons. The van der Waals surface area contributed by atoms with Crippen LogP contribution in [0.3, 0.4) is 0 Å². The van der Waals surface area contributed by atoms with Gasteiger partial charge in [-0.1, -0.05) is 6.07 Å². The minimum Gasteiger partial charge on any atom is -0.307 e. The van der Waals surface area contributed by atoms with Gasteiger partial charge in [-0.15, -0.1) is 11.3 Å². The van der Waals surface area contributed by atoms with Gasteiger partial charge >= 0.3 is 0 Å². The highest BCUT2D eigenvalue weighted by Crippen LogP contribution is 2.18. The van der Waals surface area contributed by atoms with Crippen LogP contribution < -0.4 is 4.90 Å². The van der Waals surface area contributed by atoms with E-state index in [1.54, 1.807) is 23.0 Å². The van der Waals surface area contributed by atoms with Crippen molar-refractivity contribution >= 4 is 22.9 Å². The molecule has 3 nitrogen and oxygen atoms in total. The van der Waals surface area contributed by atoms with Crippen LogP contribution >= 0.6 is 11.3 Å². The van der Waals surface area contributed by atoms with Gasteiger partial charge in [0.15, 0.2) is 0 Å². The number of halogens is 1. The number of thiazole rings is 1. The lowest BCUT2D eigenvalue weighted by atomic mass is 10.2. The molecule has 0 fully saturated rings. The van der Waals surface area contributed by atoms with Crippen molar-refractivity contribution in [2.24, 2.45) is 0 Å². The number of rotatable bonds is 3. The van der Waals surface area contributed by atoms with Crippen molar-refractivity contribution < 1.29 is 9.18 Å². The van der Waals surface area contributed by atoms with Crippen LogP contribution in [0.1, 0.15) is 17.4 Å². The third kappa shape index (κ3) is 2.50. The summed E-state index contributed by atoms with van der Waals surface area (Å²) in [7, 11) is 0. The average Bonchev–Trinajstić information content (AvgIpc) is 2.83. The Hall–Kier alpha value is -1.75. The summed E-state index contributed by atoms with van der Waals surface area (Å²) in [4.78, 5) is 17.6. The van der Waals surface area contributed by atoms with E-state index < -0.39 is 0 Å². The van der Waals surface area contributed by atoms with Gasteiger partial charge in [0, 0.05) is 17.6 Å². The van der Waals surface area contributed by atoms with Gasteiger partial charge in [0.2, 0.25) is 0 Å². The van der Waals surface area contributed by atoms with Crippen LogP contribution in [0.2, 0.25) is 0 Å². The van der Waals surface area contributed by atoms with E-state index in [1.807, 2.05) is 6.92 Å². The second kappa shape index (κ2) is 5.05. The molecular weight excluding hydrogens is 239 g/mol. The average molecular weight is 250 g/mol. The van der Waals surface area contributed by atoms with Gasteiger partial charge in [0.05, 0.1) is 5.51 Å². The molecule has 5 heteroatoms. The molecule has 2 rings (SSSR count). The molecule has 0 atom stereocenters. The smallest absolute Gasteiger partial charge is 0.277 e. The quantitative estimate of drug-likeness (QED) is 0.839. The van der Waals surface area contributed by atoms with Gasteiger partial charge in [0.1, 0.15) is 11.5 Å². The third-order valence-electron chi connectivity index (χ3n) is 2.33. The number of nitrogens with zero attached hydrogens (tertiary/aromatic N) is 2. The van der Waals surface area contributed by atoms with Crippen LogP contribution in [0.25, 0.3) is 0 Å². The molecule has 1 aromatic carbocycles. The fraction of sp³-hybridized carbons (Fsp3) is 0.167. The monoisotopic (exact) mass is 250 g/mol. The fourth-order valence-electron chi connectivity index (χ4n) is 1.54. The summed E-state index contributed by atoms with van der Waals surface area (Å²) >= 11 is 1.36. The lowest BCUT2D eigenvalue weighted by Gasteiger charge is -2.19. The lowest BCUT2D eigenvalue weighted by Crippen LogP contribution is -2.30. The van der Waals surface area contributed by atoms with Crippen LogP contribution in [0, 0.1) is 5.82 Å². The van der Waals surface area contributed by atoms with Crippen LogP contribution in [-0.4, -0.2) is 17.4 Å². The SMILES string of the molecule is CCN(C(=O)c1cscn1)c1cccc(F)c1. The van der Waals surface area contributed by atoms with Gasteiger partial charge in [-0.3, -0.25) is 4.79 Å². The van der Waals surface area contributed by atoms with Crippen molar-refractivity contribution in [1.29, 1.82) is 0 Å². The standard InChI is InChI=1S/C12H11FN2OS/c1-2-15(10-5-3-4-9(13)6-10)12(16)11-7-17-8-14-11/h3-8H,2H2,1H3. The predicted molar refractivity (Wildman–Crippen MR) is 65.9 cm³/mol. The van der Waals surface area contributed by atoms with Gasteiger partial charge < -0.3 is 4.90 Å². The molecule has 0 bridgehead atoms. The van der Waals surface area contributed by atoms with Crippen molar-refractivity contribution in [2.75, 3.05) is 11.4 Å². The molecule has 88 valence electrons. The first-order valence-electron chi connectivity index (χ1n) is 5.18. The number of hydrogen-bond acceptors (Lipinski definition) is 3. The Labute approximate surface area is 103 Å². The van der Waals surface area contributed by atoms with Crippen LogP contribution in [0.4, 0.5) is 10.1 Å². The van der Waals surface area contributed by atoms with Gasteiger partial charge in [-0.25, -0.2) is 9.37 Å². The van der Waals surface area contributed by atoms with E-state index in [4.69, 9.17) is 0 Å². The highest BCUT2D eigenvalue weighted by atomic mass is 32.1. The minimum atomic E-state index is -0.355. The number of hydrogen-bond donors (Lipinski definition) is 0. The van der Waals surface area contributed by atoms with E-state index in [9.17, 15) is 9.18 Å². The maximum atomic E-state index is 13.1. The van der Waals surface area contributed by atoms with Gasteiger partial charge in [0.25, 0.3) is 5.91 Å². The predicted octanol–water partition coefficient (Wildman–Crippen LogP) is 2.95. The van der Waals surface area contributed by atoms with E-state index >= 15 is 0 Å². The molecule has 1 aromatic heterocycles. The minimum absolute atomic E-state index is 0.209. The second-order valence-corrected chi connectivity index (χ2v) is 4.12. The first kappa shape index (κ1) is 11.7. The first-order chi connectivity index (χ1) is 8.22. The molecular formula is C12H11FN2OS. The summed E-state index contributed by atoms with van der Waals surface area (Å²) in [5, 5.41) is 1.68. The zero-order valence-electron chi connectivity index (χ0n) is 9.26. The highest BCUT2D eigenvalue weighted by molar-refractivity contribution is 7.07. The Kier molecular flexibility index (Phi) is 3.49. The molecule has 2 aromatic rings. The maximum Gasteiger partial charge on any atom is 0.277 e. The number of benzene rings is 1.